The van der Waals surface area contributed by atoms with E-state index in [1.54, 1.807) is 18.2 Å². The molecule has 1 aromatic heterocycles. The lowest BCUT2D eigenvalue weighted by Crippen LogP contribution is -1.97. The number of nitrogens with one attached hydrogen (secondary N) is 2. The number of anilines is 1. The van der Waals surface area contributed by atoms with E-state index in [0.29, 0.717) is 18.0 Å². The third-order valence-electron chi connectivity index (χ3n) is 3.20. The predicted molar refractivity (Wildman–Crippen MR) is 79.9 cm³/mol. The number of fused-ring (bicyclic) bond motifs is 1. The summed E-state index contributed by atoms with van der Waals surface area (Å²) in [6.07, 6.45) is 0.786. The van der Waals surface area contributed by atoms with Crippen molar-refractivity contribution in [1.29, 1.82) is 0 Å². The number of rotatable bonds is 5. The van der Waals surface area contributed by atoms with Gasteiger partial charge < -0.3 is 9.72 Å². The smallest absolute Gasteiger partial charge is 0.166 e. The Hall–Kier alpha value is -2.79. The van der Waals surface area contributed by atoms with Gasteiger partial charge in [-0.2, -0.15) is 0 Å². The Morgan fingerprint density at radius 3 is 2.90 bits per heavy atom. The minimum absolute atomic E-state index is 0.395. The van der Waals surface area contributed by atoms with Crippen molar-refractivity contribution in [3.63, 3.8) is 0 Å². The molecule has 21 heavy (non-hydrogen) atoms. The zero-order valence-corrected chi connectivity index (χ0v) is 11.2. The highest BCUT2D eigenvalue weighted by Gasteiger charge is 2.03. The van der Waals surface area contributed by atoms with E-state index >= 15 is 0 Å². The monoisotopic (exact) mass is 282 g/mol. The van der Waals surface area contributed by atoms with Gasteiger partial charge in [0.05, 0.1) is 11.4 Å². The Labute approximate surface area is 121 Å². The molecule has 0 aliphatic rings. The fraction of sp³-hybridized carbons (Fsp3) is 0.0625. The van der Waals surface area contributed by atoms with Gasteiger partial charge in [-0.3, -0.25) is 15.5 Å². The fourth-order valence-electron chi connectivity index (χ4n) is 2.18. The Morgan fingerprint density at radius 1 is 1.19 bits per heavy atom. The van der Waals surface area contributed by atoms with Crippen LogP contribution in [0.15, 0.2) is 48.5 Å². The van der Waals surface area contributed by atoms with Gasteiger partial charge in [0, 0.05) is 10.9 Å². The van der Waals surface area contributed by atoms with Crippen LogP contribution in [0.25, 0.3) is 10.9 Å². The molecule has 0 aliphatic heterocycles. The molecule has 0 atom stereocenters. The molecule has 0 unspecified atom stereocenters. The summed E-state index contributed by atoms with van der Waals surface area (Å²) in [5, 5.41) is 9.80. The summed E-state index contributed by atoms with van der Waals surface area (Å²) in [5.41, 5.74) is 5.11. The third-order valence-corrected chi connectivity index (χ3v) is 3.20. The van der Waals surface area contributed by atoms with Crippen LogP contribution in [0.4, 0.5) is 5.69 Å². The molecule has 106 valence electrons. The van der Waals surface area contributed by atoms with Crippen LogP contribution in [0, 0.1) is 0 Å². The lowest BCUT2D eigenvalue weighted by atomic mass is 10.2. The van der Waals surface area contributed by atoms with Gasteiger partial charge in [0.15, 0.2) is 6.29 Å². The Morgan fingerprint density at radius 2 is 2.10 bits per heavy atom. The van der Waals surface area contributed by atoms with Gasteiger partial charge in [-0.05, 0) is 42.0 Å². The number of carbonyl (C=O) groups is 1. The van der Waals surface area contributed by atoms with Crippen molar-refractivity contribution in [2.75, 3.05) is 5.48 Å². The molecular weight excluding hydrogens is 268 g/mol. The first kappa shape index (κ1) is 13.2. The number of benzene rings is 2. The first-order chi connectivity index (χ1) is 10.3. The van der Waals surface area contributed by atoms with E-state index in [9.17, 15) is 4.79 Å². The molecule has 2 aromatic carbocycles. The van der Waals surface area contributed by atoms with Crippen molar-refractivity contribution in [2.45, 2.75) is 6.61 Å². The number of H-pyrrole nitrogens is 1. The van der Waals surface area contributed by atoms with E-state index in [1.165, 1.54) is 0 Å². The van der Waals surface area contributed by atoms with E-state index in [2.05, 4.69) is 10.5 Å². The quantitative estimate of drug-likeness (QED) is 0.495. The number of aldehydes is 1. The summed E-state index contributed by atoms with van der Waals surface area (Å²) >= 11 is 0. The molecule has 3 N–H and O–H groups in total. The second-order valence-corrected chi connectivity index (χ2v) is 4.69. The van der Waals surface area contributed by atoms with Crippen molar-refractivity contribution in [2.24, 2.45) is 0 Å². The first-order valence-corrected chi connectivity index (χ1v) is 6.48. The Bertz CT molecular complexity index is 780. The highest BCUT2D eigenvalue weighted by atomic mass is 16.5. The average Bonchev–Trinajstić information content (AvgIpc) is 2.95. The summed E-state index contributed by atoms with van der Waals surface area (Å²) in [5.74, 6) is 0.723. The lowest BCUT2D eigenvalue weighted by Gasteiger charge is -2.07. The molecular formula is C16H14N2O3. The van der Waals surface area contributed by atoms with Gasteiger partial charge in [-0.1, -0.05) is 12.1 Å². The van der Waals surface area contributed by atoms with Crippen molar-refractivity contribution in [3.8, 4) is 5.75 Å². The Balaban J connectivity index is 1.76. The summed E-state index contributed by atoms with van der Waals surface area (Å²) < 4.78 is 5.73. The molecule has 1 heterocycles. The zero-order chi connectivity index (χ0) is 14.7. The van der Waals surface area contributed by atoms with Crippen LogP contribution >= 0.6 is 0 Å². The SMILES string of the molecule is O=Cc1cc2cc(OCc3cccc(NO)c3)ccc2[nH]1. The van der Waals surface area contributed by atoms with Crippen LogP contribution in [-0.4, -0.2) is 16.5 Å². The topological polar surface area (TPSA) is 74.3 Å². The van der Waals surface area contributed by atoms with Gasteiger partial charge in [0.2, 0.25) is 0 Å². The minimum atomic E-state index is 0.395. The van der Waals surface area contributed by atoms with Gasteiger partial charge in [0.25, 0.3) is 0 Å². The molecule has 0 saturated heterocycles. The van der Waals surface area contributed by atoms with Gasteiger partial charge in [0.1, 0.15) is 12.4 Å². The minimum Gasteiger partial charge on any atom is -0.489 e. The first-order valence-electron chi connectivity index (χ1n) is 6.48. The second-order valence-electron chi connectivity index (χ2n) is 4.69. The summed E-state index contributed by atoms with van der Waals surface area (Å²) in [6, 6.07) is 14.7. The molecule has 0 spiro atoms. The van der Waals surface area contributed by atoms with Crippen molar-refractivity contribution < 1.29 is 14.7 Å². The molecule has 0 radical (unpaired) electrons. The molecule has 0 saturated carbocycles. The molecule has 3 aromatic rings. The Kier molecular flexibility index (Phi) is 3.57. The molecule has 0 bridgehead atoms. The highest BCUT2D eigenvalue weighted by molar-refractivity contribution is 5.88. The molecule has 0 fully saturated rings. The standard InChI is InChI=1S/C16H14N2O3/c19-9-14-7-12-8-15(4-5-16(12)17-14)21-10-11-2-1-3-13(6-11)18-20/h1-9,17-18,20H,10H2. The zero-order valence-electron chi connectivity index (χ0n) is 11.2. The average molecular weight is 282 g/mol. The number of hydrogen-bond donors (Lipinski definition) is 3. The van der Waals surface area contributed by atoms with Crippen LogP contribution in [0.1, 0.15) is 16.1 Å². The molecule has 5 heteroatoms. The third kappa shape index (κ3) is 2.88. The van der Waals surface area contributed by atoms with Crippen LogP contribution in [-0.2, 0) is 6.61 Å². The van der Waals surface area contributed by atoms with E-state index < -0.39 is 0 Å². The maximum absolute atomic E-state index is 10.7. The highest BCUT2D eigenvalue weighted by Crippen LogP contribution is 2.22. The van der Waals surface area contributed by atoms with E-state index in [0.717, 1.165) is 28.5 Å². The summed E-state index contributed by atoms with van der Waals surface area (Å²) in [7, 11) is 0. The molecule has 5 nitrogen and oxygen atoms in total. The molecule has 3 rings (SSSR count). The van der Waals surface area contributed by atoms with Crippen LogP contribution in [0.5, 0.6) is 5.75 Å². The molecule has 0 aliphatic carbocycles. The number of carbonyl (C=O) groups excluding carboxylic acids is 1. The number of aromatic amines is 1. The van der Waals surface area contributed by atoms with E-state index in [1.807, 2.05) is 30.3 Å². The summed E-state index contributed by atoms with van der Waals surface area (Å²) in [4.78, 5) is 13.7. The second kappa shape index (κ2) is 5.68. The van der Waals surface area contributed by atoms with Crippen LogP contribution in [0.2, 0.25) is 0 Å². The summed E-state index contributed by atoms with van der Waals surface area (Å²) in [6.45, 7) is 0.395. The number of aromatic nitrogens is 1. The fourth-order valence-corrected chi connectivity index (χ4v) is 2.18. The largest absolute Gasteiger partial charge is 0.489 e. The van der Waals surface area contributed by atoms with Gasteiger partial charge in [-0.25, -0.2) is 0 Å². The van der Waals surface area contributed by atoms with Gasteiger partial charge >= 0.3 is 0 Å². The normalized spacial score (nSPS) is 10.5. The van der Waals surface area contributed by atoms with Crippen molar-refractivity contribution in [3.05, 3.63) is 59.8 Å². The van der Waals surface area contributed by atoms with Gasteiger partial charge in [-0.15, -0.1) is 0 Å². The van der Waals surface area contributed by atoms with Crippen LogP contribution in [0.3, 0.4) is 0 Å². The molecule has 0 amide bonds. The number of ether oxygens (including phenoxy) is 1. The lowest BCUT2D eigenvalue weighted by molar-refractivity contribution is 0.112. The van der Waals surface area contributed by atoms with Crippen molar-refractivity contribution >= 4 is 22.9 Å². The van der Waals surface area contributed by atoms with E-state index in [-0.39, 0.29) is 0 Å². The maximum Gasteiger partial charge on any atom is 0.166 e. The maximum atomic E-state index is 10.7. The van der Waals surface area contributed by atoms with E-state index in [4.69, 9.17) is 9.94 Å². The van der Waals surface area contributed by atoms with Crippen molar-refractivity contribution in [1.82, 2.24) is 4.98 Å². The van der Waals surface area contributed by atoms with Crippen LogP contribution < -0.4 is 10.2 Å². The predicted octanol–water partition coefficient (Wildman–Crippen LogP) is 3.36. The number of hydrogen-bond acceptors (Lipinski definition) is 4.